The minimum Gasteiger partial charge on any atom is -0.495 e. The van der Waals surface area contributed by atoms with Crippen molar-refractivity contribution in [2.75, 3.05) is 7.11 Å². The predicted molar refractivity (Wildman–Crippen MR) is 44.6 cm³/mol. The van der Waals surface area contributed by atoms with E-state index in [9.17, 15) is 0 Å². The molecule has 0 amide bonds. The average molecular weight is 173 g/mol. The smallest absolute Gasteiger partial charge is 0.137 e. The fraction of sp³-hybridized carbons (Fsp3) is 0.250. The van der Waals surface area contributed by atoms with Gasteiger partial charge in [-0.2, -0.15) is 0 Å². The Morgan fingerprint density at radius 2 is 2.27 bits per heavy atom. The molecule has 0 aliphatic heterocycles. The second kappa shape index (κ2) is 3.60. The molecule has 11 heavy (non-hydrogen) atoms. The van der Waals surface area contributed by atoms with Crippen molar-refractivity contribution >= 4 is 11.6 Å². The van der Waals surface area contributed by atoms with Crippen LogP contribution in [0.1, 0.15) is 5.56 Å². The quantitative estimate of drug-likeness (QED) is 0.713. The summed E-state index contributed by atoms with van der Waals surface area (Å²) < 4.78 is 4.99. The summed E-state index contributed by atoms with van der Waals surface area (Å²) in [6.07, 6.45) is 0. The molecule has 0 aliphatic carbocycles. The molecule has 2 nitrogen and oxygen atoms in total. The molecule has 0 unspecified atom stereocenters. The van der Waals surface area contributed by atoms with Gasteiger partial charge in [-0.3, -0.25) is 0 Å². The van der Waals surface area contributed by atoms with E-state index in [1.807, 2.05) is 18.2 Å². The van der Waals surface area contributed by atoms with Crippen molar-refractivity contribution in [3.05, 3.63) is 28.8 Å². The Morgan fingerprint density at radius 3 is 2.73 bits per heavy atom. The molecule has 0 atom stereocenters. The van der Waals surface area contributed by atoms with E-state index in [2.05, 4.69) is 5.73 Å². The van der Waals surface area contributed by atoms with Gasteiger partial charge in [-0.25, -0.2) is 0 Å². The number of benzene rings is 1. The molecule has 1 aromatic carbocycles. The second-order valence-corrected chi connectivity index (χ2v) is 2.63. The largest absolute Gasteiger partial charge is 0.495 e. The molecule has 0 heterocycles. The fourth-order valence-corrected chi connectivity index (χ4v) is 1.15. The van der Waals surface area contributed by atoms with E-state index in [1.165, 1.54) is 0 Å². The molecule has 0 fully saturated rings. The lowest BCUT2D eigenvalue weighted by atomic mass is 10.2. The maximum absolute atomic E-state index is 5.86. The second-order valence-electron chi connectivity index (χ2n) is 2.22. The number of methoxy groups -OCH3 is 1. The lowest BCUT2D eigenvalue weighted by Gasteiger charge is -2.02. The Labute approximate surface area is 70.9 Å². The summed E-state index contributed by atoms with van der Waals surface area (Å²) in [6.45, 7) is 0.754. The molecule has 60 valence electrons. The van der Waals surface area contributed by atoms with E-state index < -0.39 is 0 Å². The Balaban J connectivity index is 2.99. The van der Waals surface area contributed by atoms with Crippen molar-refractivity contribution in [3.63, 3.8) is 0 Å². The number of hydrogen-bond donors (Lipinski definition) is 1. The highest BCUT2D eigenvalue weighted by Crippen LogP contribution is 2.24. The standard InChI is InChI=1S/C8H10ClNO/c1-11-8-3-2-6(5-10)4-7(8)9/h2-4H,5,10H2,1H3/p+1. The highest BCUT2D eigenvalue weighted by molar-refractivity contribution is 6.32. The van der Waals surface area contributed by atoms with Crippen molar-refractivity contribution in [1.82, 2.24) is 0 Å². The van der Waals surface area contributed by atoms with Gasteiger partial charge in [-0.1, -0.05) is 11.6 Å². The van der Waals surface area contributed by atoms with E-state index in [4.69, 9.17) is 16.3 Å². The van der Waals surface area contributed by atoms with E-state index in [0.717, 1.165) is 12.1 Å². The van der Waals surface area contributed by atoms with Crippen LogP contribution in [0.2, 0.25) is 5.02 Å². The van der Waals surface area contributed by atoms with Gasteiger partial charge in [0.15, 0.2) is 0 Å². The first-order valence-corrected chi connectivity index (χ1v) is 3.77. The topological polar surface area (TPSA) is 36.9 Å². The summed E-state index contributed by atoms with van der Waals surface area (Å²) in [7, 11) is 1.60. The van der Waals surface area contributed by atoms with E-state index in [1.54, 1.807) is 7.11 Å². The summed E-state index contributed by atoms with van der Waals surface area (Å²) >= 11 is 5.86. The first-order chi connectivity index (χ1) is 5.27. The molecule has 0 saturated carbocycles. The summed E-state index contributed by atoms with van der Waals surface area (Å²) in [6, 6.07) is 5.67. The van der Waals surface area contributed by atoms with Gasteiger partial charge in [0.2, 0.25) is 0 Å². The van der Waals surface area contributed by atoms with Crippen LogP contribution >= 0.6 is 11.6 Å². The Kier molecular flexibility index (Phi) is 2.74. The third-order valence-corrected chi connectivity index (χ3v) is 1.80. The molecular weight excluding hydrogens is 162 g/mol. The Hall–Kier alpha value is -0.730. The van der Waals surface area contributed by atoms with E-state index in [-0.39, 0.29) is 0 Å². The molecule has 3 heteroatoms. The van der Waals surface area contributed by atoms with Gasteiger partial charge in [0, 0.05) is 5.56 Å². The van der Waals surface area contributed by atoms with Crippen molar-refractivity contribution in [3.8, 4) is 5.75 Å². The van der Waals surface area contributed by atoms with Gasteiger partial charge in [0.25, 0.3) is 0 Å². The van der Waals surface area contributed by atoms with Crippen molar-refractivity contribution < 1.29 is 10.5 Å². The van der Waals surface area contributed by atoms with Gasteiger partial charge in [-0.15, -0.1) is 0 Å². The molecule has 3 N–H and O–H groups in total. The van der Waals surface area contributed by atoms with Crippen LogP contribution in [0.5, 0.6) is 5.75 Å². The minimum absolute atomic E-state index is 0.647. The highest BCUT2D eigenvalue weighted by atomic mass is 35.5. The zero-order valence-corrected chi connectivity index (χ0v) is 7.19. The van der Waals surface area contributed by atoms with Crippen LogP contribution in [0.3, 0.4) is 0 Å². The highest BCUT2D eigenvalue weighted by Gasteiger charge is 2.00. The van der Waals surface area contributed by atoms with Gasteiger partial charge >= 0.3 is 0 Å². The van der Waals surface area contributed by atoms with Crippen LogP contribution in [0.15, 0.2) is 18.2 Å². The number of hydrogen-bond acceptors (Lipinski definition) is 1. The normalized spacial score (nSPS) is 9.73. The van der Waals surface area contributed by atoms with Crippen LogP contribution in [-0.2, 0) is 6.54 Å². The third-order valence-electron chi connectivity index (χ3n) is 1.50. The lowest BCUT2D eigenvalue weighted by Crippen LogP contribution is -2.47. The zero-order valence-electron chi connectivity index (χ0n) is 6.43. The Morgan fingerprint density at radius 1 is 1.55 bits per heavy atom. The first kappa shape index (κ1) is 8.37. The molecular formula is C8H11ClNO+. The van der Waals surface area contributed by atoms with Gasteiger partial charge in [0.1, 0.15) is 5.75 Å². The van der Waals surface area contributed by atoms with Crippen LogP contribution < -0.4 is 10.5 Å². The maximum Gasteiger partial charge on any atom is 0.137 e. The van der Waals surface area contributed by atoms with Crippen LogP contribution in [-0.4, -0.2) is 7.11 Å². The summed E-state index contributed by atoms with van der Waals surface area (Å²) in [5.74, 6) is 0.712. The van der Waals surface area contributed by atoms with E-state index in [0.29, 0.717) is 10.8 Å². The monoisotopic (exact) mass is 172 g/mol. The van der Waals surface area contributed by atoms with Gasteiger partial charge < -0.3 is 10.5 Å². The zero-order chi connectivity index (χ0) is 8.27. The van der Waals surface area contributed by atoms with Crippen molar-refractivity contribution in [1.29, 1.82) is 0 Å². The van der Waals surface area contributed by atoms with Crippen LogP contribution in [0.25, 0.3) is 0 Å². The molecule has 1 rings (SSSR count). The SMILES string of the molecule is COc1ccc(C[NH3+])cc1Cl. The molecule has 0 bridgehead atoms. The number of rotatable bonds is 2. The Bertz CT molecular complexity index is 250. The molecule has 0 spiro atoms. The minimum atomic E-state index is 0.647. The molecule has 0 aromatic heterocycles. The maximum atomic E-state index is 5.86. The average Bonchev–Trinajstić information content (AvgIpc) is 2.04. The first-order valence-electron chi connectivity index (χ1n) is 3.39. The molecule has 0 aliphatic rings. The van der Waals surface area contributed by atoms with Crippen molar-refractivity contribution in [2.45, 2.75) is 6.54 Å². The van der Waals surface area contributed by atoms with Crippen LogP contribution in [0.4, 0.5) is 0 Å². The fourth-order valence-electron chi connectivity index (χ4n) is 0.865. The lowest BCUT2D eigenvalue weighted by molar-refractivity contribution is -0.386. The summed E-state index contributed by atoms with van der Waals surface area (Å²) in [4.78, 5) is 0. The summed E-state index contributed by atoms with van der Waals surface area (Å²) in [5, 5.41) is 0.647. The van der Waals surface area contributed by atoms with Gasteiger partial charge in [-0.05, 0) is 18.2 Å². The van der Waals surface area contributed by atoms with Crippen LogP contribution in [0, 0.1) is 0 Å². The molecule has 0 radical (unpaired) electrons. The number of halogens is 1. The number of quaternary nitrogens is 1. The van der Waals surface area contributed by atoms with E-state index >= 15 is 0 Å². The molecule has 1 aromatic rings. The summed E-state index contributed by atoms with van der Waals surface area (Å²) in [5.41, 5.74) is 4.87. The van der Waals surface area contributed by atoms with Gasteiger partial charge in [0.05, 0.1) is 18.7 Å². The predicted octanol–water partition coefficient (Wildman–Crippen LogP) is 1.09. The number of ether oxygens (including phenoxy) is 1. The third kappa shape index (κ3) is 1.85. The van der Waals surface area contributed by atoms with Crippen molar-refractivity contribution in [2.24, 2.45) is 0 Å². The molecule has 0 saturated heterocycles.